The van der Waals surface area contributed by atoms with Crippen LogP contribution in [0.2, 0.25) is 0 Å². The normalized spacial score (nSPS) is 12.1. The lowest BCUT2D eigenvalue weighted by Gasteiger charge is -2.06. The Morgan fingerprint density at radius 2 is 1.58 bits per heavy atom. The van der Waals surface area contributed by atoms with Gasteiger partial charge in [0, 0.05) is 6.66 Å². The summed E-state index contributed by atoms with van der Waals surface area (Å²) < 4.78 is 47.4. The molecule has 0 saturated heterocycles. The van der Waals surface area contributed by atoms with Crippen molar-refractivity contribution in [1.82, 2.24) is 0 Å². The molecule has 2 N–H and O–H groups in total. The van der Waals surface area contributed by atoms with Gasteiger partial charge in [0.15, 0.2) is 0 Å². The van der Waals surface area contributed by atoms with Gasteiger partial charge in [-0.05, 0) is 24.0 Å². The van der Waals surface area contributed by atoms with Gasteiger partial charge in [-0.15, -0.1) is 24.0 Å². The van der Waals surface area contributed by atoms with E-state index in [1.807, 2.05) is 6.92 Å². The number of hydrogen-bond donors (Lipinski definition) is 3. The van der Waals surface area contributed by atoms with Crippen LogP contribution in [0.3, 0.4) is 0 Å². The van der Waals surface area contributed by atoms with Crippen LogP contribution in [0.4, 0.5) is 13.2 Å². The van der Waals surface area contributed by atoms with Crippen molar-refractivity contribution in [2.45, 2.75) is 37.1 Å². The van der Waals surface area contributed by atoms with Crippen molar-refractivity contribution >= 4 is 31.6 Å². The van der Waals surface area contributed by atoms with Crippen LogP contribution in [0.25, 0.3) is 0 Å². The summed E-state index contributed by atoms with van der Waals surface area (Å²) in [7, 11) is -3.64. The fourth-order valence-corrected chi connectivity index (χ4v) is 3.11. The largest absolute Gasteiger partial charge is 0.425 e. The van der Waals surface area contributed by atoms with E-state index in [4.69, 9.17) is 9.79 Å². The topological polar surface area (TPSA) is 57.5 Å². The molecule has 0 amide bonds. The zero-order valence-corrected chi connectivity index (χ0v) is 13.3. The lowest BCUT2D eigenvalue weighted by atomic mass is 10.1. The van der Waals surface area contributed by atoms with Gasteiger partial charge in [0.05, 0.1) is 4.21 Å². The van der Waals surface area contributed by atoms with E-state index in [0.717, 1.165) is 23.6 Å². The van der Waals surface area contributed by atoms with Crippen molar-refractivity contribution in [3.63, 3.8) is 0 Å². The summed E-state index contributed by atoms with van der Waals surface area (Å²) in [5.74, 6) is 0. The first-order valence-electron chi connectivity index (χ1n) is 5.35. The number of rotatable bonds is 2. The zero-order chi connectivity index (χ0) is 15.4. The van der Waals surface area contributed by atoms with E-state index in [9.17, 15) is 17.7 Å². The summed E-state index contributed by atoms with van der Waals surface area (Å²) >= 11 is 4.81. The number of thiol groups is 1. The predicted molar refractivity (Wildman–Crippen MR) is 73.3 cm³/mol. The van der Waals surface area contributed by atoms with Gasteiger partial charge in [-0.25, -0.2) is 0 Å². The van der Waals surface area contributed by atoms with Crippen molar-refractivity contribution in [3.8, 4) is 0 Å². The van der Waals surface area contributed by atoms with Gasteiger partial charge in [-0.3, -0.25) is 4.57 Å². The highest BCUT2D eigenvalue weighted by Gasteiger charge is 2.36. The molecule has 1 heterocycles. The molecule has 0 bridgehead atoms. The van der Waals surface area contributed by atoms with Gasteiger partial charge in [-0.1, -0.05) is 13.8 Å². The molecule has 0 spiro atoms. The van der Waals surface area contributed by atoms with E-state index in [1.54, 1.807) is 6.92 Å². The Kier molecular flexibility index (Phi) is 7.12. The summed E-state index contributed by atoms with van der Waals surface area (Å²) in [6.45, 7) is 4.44. The molecule has 19 heavy (non-hydrogen) atoms. The maximum Gasteiger partial charge on any atom is 0.425 e. The summed E-state index contributed by atoms with van der Waals surface area (Å²) in [4.78, 5) is 14.8. The third-order valence-corrected chi connectivity index (χ3v) is 3.73. The molecule has 0 aromatic carbocycles. The van der Waals surface area contributed by atoms with Crippen LogP contribution in [0.1, 0.15) is 29.9 Å². The predicted octanol–water partition coefficient (Wildman–Crippen LogP) is 3.97. The molecule has 0 aliphatic carbocycles. The molecule has 112 valence electrons. The molecule has 0 aliphatic rings. The maximum atomic E-state index is 12.5. The van der Waals surface area contributed by atoms with Gasteiger partial charge in [0.25, 0.3) is 0 Å². The van der Waals surface area contributed by atoms with E-state index in [-0.39, 0.29) is 0 Å². The lowest BCUT2D eigenvalue weighted by Crippen LogP contribution is -2.05. The summed E-state index contributed by atoms with van der Waals surface area (Å²) in [5.41, 5.74) is 1.16. The monoisotopic (exact) mass is 336 g/mol. The van der Waals surface area contributed by atoms with Crippen LogP contribution < -0.4 is 0 Å². The molecule has 1 aromatic heterocycles. The Hall–Kier alpha value is -0.0100. The average Bonchev–Trinajstić information content (AvgIpc) is 2.51. The Bertz CT molecular complexity index is 457. The van der Waals surface area contributed by atoms with Crippen molar-refractivity contribution in [3.05, 3.63) is 16.0 Å². The van der Waals surface area contributed by atoms with Gasteiger partial charge in [-0.2, -0.15) is 13.2 Å². The smallest absolute Gasteiger partial charge is 0.325 e. The van der Waals surface area contributed by atoms with Crippen LogP contribution in [0, 0.1) is 0 Å². The van der Waals surface area contributed by atoms with Gasteiger partial charge < -0.3 is 9.79 Å². The Labute approximate surface area is 119 Å². The highest BCUT2D eigenvalue weighted by Crippen LogP contribution is 2.42. The zero-order valence-electron chi connectivity index (χ0n) is 10.7. The minimum absolute atomic E-state index is 0.412. The van der Waals surface area contributed by atoms with E-state index in [0.29, 0.717) is 22.6 Å². The fraction of sp³-hybridized carbons (Fsp3) is 0.600. The molecule has 0 unspecified atom stereocenters. The Morgan fingerprint density at radius 3 is 1.84 bits per heavy atom. The first-order valence-corrected chi connectivity index (χ1v) is 8.67. The standard InChI is InChI=1S/C9H11F3S2.CH5O3P/c1-3-5-6(4-2)8(13)14-7(5)9(10,11)12;1-5(2,3)4/h13H,3-4H2,1-2H3;1H3,(H2,2,3,4). The number of hydrogen-bond acceptors (Lipinski definition) is 3. The van der Waals surface area contributed by atoms with Crippen LogP contribution in [0.15, 0.2) is 4.21 Å². The first-order chi connectivity index (χ1) is 8.41. The van der Waals surface area contributed by atoms with Crippen LogP contribution in [0.5, 0.6) is 0 Å². The second-order valence-electron chi connectivity index (χ2n) is 3.73. The van der Waals surface area contributed by atoms with Crippen molar-refractivity contribution in [2.24, 2.45) is 0 Å². The lowest BCUT2D eigenvalue weighted by molar-refractivity contribution is -0.134. The quantitative estimate of drug-likeness (QED) is 0.566. The highest BCUT2D eigenvalue weighted by atomic mass is 32.2. The molecule has 0 saturated carbocycles. The summed E-state index contributed by atoms with van der Waals surface area (Å²) in [6, 6.07) is 0. The average molecular weight is 336 g/mol. The van der Waals surface area contributed by atoms with Crippen LogP contribution >= 0.6 is 31.6 Å². The van der Waals surface area contributed by atoms with Crippen molar-refractivity contribution in [2.75, 3.05) is 6.66 Å². The van der Waals surface area contributed by atoms with Crippen LogP contribution in [-0.2, 0) is 23.6 Å². The molecular formula is C10H16F3O3PS2. The molecule has 0 atom stereocenters. The highest BCUT2D eigenvalue weighted by molar-refractivity contribution is 7.83. The molecule has 0 aliphatic heterocycles. The Morgan fingerprint density at radius 1 is 1.21 bits per heavy atom. The first kappa shape index (κ1) is 19.0. The third kappa shape index (κ3) is 6.81. The van der Waals surface area contributed by atoms with E-state index < -0.39 is 18.6 Å². The minimum Gasteiger partial charge on any atom is -0.325 e. The van der Waals surface area contributed by atoms with Gasteiger partial charge in [0.2, 0.25) is 0 Å². The molecule has 9 heteroatoms. The molecule has 1 rings (SSSR count). The molecular weight excluding hydrogens is 320 g/mol. The molecule has 0 fully saturated rings. The van der Waals surface area contributed by atoms with Crippen LogP contribution in [-0.4, -0.2) is 16.5 Å². The van der Waals surface area contributed by atoms with E-state index >= 15 is 0 Å². The Balaban J connectivity index is 0.000000555. The summed E-state index contributed by atoms with van der Waals surface area (Å²) in [5, 5.41) is 0. The number of halogens is 3. The van der Waals surface area contributed by atoms with Crippen molar-refractivity contribution in [1.29, 1.82) is 0 Å². The number of alkyl halides is 3. The maximum absolute atomic E-state index is 12.5. The second kappa shape index (κ2) is 7.13. The second-order valence-corrected chi connectivity index (χ2v) is 7.17. The van der Waals surface area contributed by atoms with Gasteiger partial charge >= 0.3 is 13.8 Å². The van der Waals surface area contributed by atoms with Gasteiger partial charge in [0.1, 0.15) is 4.88 Å². The SMILES string of the molecule is CCc1c(S)sc(C(F)(F)F)c1CC.CP(=O)(O)O. The third-order valence-electron chi connectivity index (χ3n) is 2.06. The molecule has 3 nitrogen and oxygen atoms in total. The molecule has 0 radical (unpaired) electrons. The van der Waals surface area contributed by atoms with Crippen molar-refractivity contribution < 1.29 is 27.5 Å². The van der Waals surface area contributed by atoms with E-state index in [1.165, 1.54) is 0 Å². The number of thiophene rings is 1. The molecule has 1 aromatic rings. The van der Waals surface area contributed by atoms with E-state index in [2.05, 4.69) is 12.6 Å². The fourth-order valence-electron chi connectivity index (χ4n) is 1.45. The summed E-state index contributed by atoms with van der Waals surface area (Å²) in [6.07, 6.45) is -3.22. The minimum atomic E-state index is -4.24.